The standard InChI is InChI=1S/C12H19NS/c1-10(13-2)12(6-7-12)5-3-11-4-8-14-9-11/h4,8-10,13H,3,5-7H2,1-2H3. The zero-order valence-corrected chi connectivity index (χ0v) is 9.86. The fourth-order valence-electron chi connectivity index (χ4n) is 2.19. The van der Waals surface area contributed by atoms with E-state index in [9.17, 15) is 0 Å². The summed E-state index contributed by atoms with van der Waals surface area (Å²) in [4.78, 5) is 0. The van der Waals surface area contributed by atoms with Gasteiger partial charge in [0.15, 0.2) is 0 Å². The van der Waals surface area contributed by atoms with Crippen LogP contribution in [0, 0.1) is 5.41 Å². The van der Waals surface area contributed by atoms with Crippen molar-refractivity contribution in [1.82, 2.24) is 5.32 Å². The SMILES string of the molecule is CNC(C)C1(CCc2ccsc2)CC1. The Morgan fingerprint density at radius 1 is 1.57 bits per heavy atom. The number of aryl methyl sites for hydroxylation is 1. The molecule has 0 aromatic carbocycles. The maximum atomic E-state index is 3.40. The molecule has 1 saturated carbocycles. The van der Waals surface area contributed by atoms with Crippen LogP contribution in [0.2, 0.25) is 0 Å². The Morgan fingerprint density at radius 3 is 2.86 bits per heavy atom. The van der Waals surface area contributed by atoms with Crippen molar-refractivity contribution in [1.29, 1.82) is 0 Å². The van der Waals surface area contributed by atoms with E-state index in [2.05, 4.69) is 36.1 Å². The van der Waals surface area contributed by atoms with Crippen molar-refractivity contribution in [3.63, 3.8) is 0 Å². The van der Waals surface area contributed by atoms with Gasteiger partial charge in [-0.05, 0) is 67.5 Å². The molecule has 1 aliphatic carbocycles. The normalized spacial score (nSPS) is 20.7. The van der Waals surface area contributed by atoms with Crippen LogP contribution in [0.1, 0.15) is 31.7 Å². The van der Waals surface area contributed by atoms with Gasteiger partial charge in [0.05, 0.1) is 0 Å². The monoisotopic (exact) mass is 209 g/mol. The molecular formula is C12H19NS. The first-order chi connectivity index (χ1) is 6.77. The largest absolute Gasteiger partial charge is 0.317 e. The van der Waals surface area contributed by atoms with E-state index < -0.39 is 0 Å². The van der Waals surface area contributed by atoms with Crippen molar-refractivity contribution in [2.75, 3.05) is 7.05 Å². The van der Waals surface area contributed by atoms with Gasteiger partial charge in [0.2, 0.25) is 0 Å². The van der Waals surface area contributed by atoms with Crippen molar-refractivity contribution in [3.05, 3.63) is 22.4 Å². The molecule has 1 nitrogen and oxygen atoms in total. The molecule has 0 amide bonds. The lowest BCUT2D eigenvalue weighted by atomic mass is 9.91. The average Bonchev–Trinajstić information content (AvgIpc) is 2.83. The Bertz CT molecular complexity index is 275. The lowest BCUT2D eigenvalue weighted by molar-refractivity contribution is 0.348. The third-order valence-electron chi connectivity index (χ3n) is 3.74. The van der Waals surface area contributed by atoms with Gasteiger partial charge in [-0.25, -0.2) is 0 Å². The molecule has 14 heavy (non-hydrogen) atoms. The topological polar surface area (TPSA) is 12.0 Å². The summed E-state index contributed by atoms with van der Waals surface area (Å²) in [5, 5.41) is 7.86. The van der Waals surface area contributed by atoms with Crippen LogP contribution in [0.25, 0.3) is 0 Å². The third-order valence-corrected chi connectivity index (χ3v) is 4.47. The van der Waals surface area contributed by atoms with E-state index in [0.717, 1.165) is 0 Å². The van der Waals surface area contributed by atoms with Crippen molar-refractivity contribution in [2.45, 2.75) is 38.6 Å². The number of hydrogen-bond acceptors (Lipinski definition) is 2. The van der Waals surface area contributed by atoms with E-state index in [4.69, 9.17) is 0 Å². The van der Waals surface area contributed by atoms with Gasteiger partial charge in [-0.1, -0.05) is 0 Å². The first kappa shape index (κ1) is 10.2. The van der Waals surface area contributed by atoms with Crippen molar-refractivity contribution < 1.29 is 0 Å². The van der Waals surface area contributed by atoms with E-state index in [1.807, 2.05) is 11.3 Å². The fraction of sp³-hybridized carbons (Fsp3) is 0.667. The highest BCUT2D eigenvalue weighted by molar-refractivity contribution is 7.07. The summed E-state index contributed by atoms with van der Waals surface area (Å²) in [6.45, 7) is 2.32. The second-order valence-corrected chi connectivity index (χ2v) is 5.28. The molecule has 0 bridgehead atoms. The zero-order valence-electron chi connectivity index (χ0n) is 9.05. The van der Waals surface area contributed by atoms with Gasteiger partial charge in [0.1, 0.15) is 0 Å². The minimum Gasteiger partial charge on any atom is -0.317 e. The van der Waals surface area contributed by atoms with Crippen LogP contribution in [0.3, 0.4) is 0 Å². The third kappa shape index (κ3) is 2.01. The van der Waals surface area contributed by atoms with Crippen LogP contribution >= 0.6 is 11.3 Å². The van der Waals surface area contributed by atoms with E-state index >= 15 is 0 Å². The summed E-state index contributed by atoms with van der Waals surface area (Å²) in [7, 11) is 2.08. The van der Waals surface area contributed by atoms with Crippen LogP contribution in [0.5, 0.6) is 0 Å². The Hall–Kier alpha value is -0.340. The highest BCUT2D eigenvalue weighted by Crippen LogP contribution is 2.52. The highest BCUT2D eigenvalue weighted by atomic mass is 32.1. The molecule has 1 aliphatic rings. The summed E-state index contributed by atoms with van der Waals surface area (Å²) in [5.74, 6) is 0. The molecule has 78 valence electrons. The van der Waals surface area contributed by atoms with Gasteiger partial charge in [-0.15, -0.1) is 0 Å². The predicted octanol–water partition coefficient (Wildman–Crippen LogP) is 3.07. The molecule has 2 rings (SSSR count). The van der Waals surface area contributed by atoms with Gasteiger partial charge in [-0.2, -0.15) is 11.3 Å². The Morgan fingerprint density at radius 2 is 2.36 bits per heavy atom. The molecule has 2 heteroatoms. The summed E-state index contributed by atoms with van der Waals surface area (Å²) < 4.78 is 0. The maximum absolute atomic E-state index is 3.40. The van der Waals surface area contributed by atoms with Gasteiger partial charge in [0.25, 0.3) is 0 Å². The quantitative estimate of drug-likeness (QED) is 0.786. The Kier molecular flexibility index (Phi) is 2.93. The highest BCUT2D eigenvalue weighted by Gasteiger charge is 2.45. The van der Waals surface area contributed by atoms with Crippen molar-refractivity contribution in [3.8, 4) is 0 Å². The molecule has 0 aliphatic heterocycles. The van der Waals surface area contributed by atoms with E-state index in [1.54, 1.807) is 0 Å². The van der Waals surface area contributed by atoms with Crippen LogP contribution in [-0.2, 0) is 6.42 Å². The first-order valence-electron chi connectivity index (χ1n) is 5.45. The molecule has 1 N–H and O–H groups in total. The average molecular weight is 209 g/mol. The summed E-state index contributed by atoms with van der Waals surface area (Å²) >= 11 is 1.81. The number of thiophene rings is 1. The first-order valence-corrected chi connectivity index (χ1v) is 6.39. The molecule has 0 saturated heterocycles. The molecule has 1 atom stereocenters. The molecular weight excluding hydrogens is 190 g/mol. The molecule has 0 spiro atoms. The molecule has 1 aromatic rings. The lowest BCUT2D eigenvalue weighted by Crippen LogP contribution is -2.32. The summed E-state index contributed by atoms with van der Waals surface area (Å²) in [6, 6.07) is 2.94. The number of hydrogen-bond donors (Lipinski definition) is 1. The van der Waals surface area contributed by atoms with Gasteiger partial charge >= 0.3 is 0 Å². The summed E-state index contributed by atoms with van der Waals surface area (Å²) in [6.07, 6.45) is 5.44. The lowest BCUT2D eigenvalue weighted by Gasteiger charge is -2.22. The minimum absolute atomic E-state index is 0.622. The van der Waals surface area contributed by atoms with E-state index in [1.165, 1.54) is 31.2 Å². The van der Waals surface area contributed by atoms with Crippen LogP contribution in [0.4, 0.5) is 0 Å². The molecule has 1 fully saturated rings. The van der Waals surface area contributed by atoms with E-state index in [0.29, 0.717) is 11.5 Å². The molecule has 1 unspecified atom stereocenters. The fourth-order valence-corrected chi connectivity index (χ4v) is 2.90. The number of rotatable bonds is 5. The Balaban J connectivity index is 1.86. The van der Waals surface area contributed by atoms with Gasteiger partial charge in [-0.3, -0.25) is 0 Å². The maximum Gasteiger partial charge on any atom is 0.00923 e. The van der Waals surface area contributed by atoms with Gasteiger partial charge in [0, 0.05) is 6.04 Å². The predicted molar refractivity (Wildman–Crippen MR) is 62.8 cm³/mol. The number of nitrogens with one attached hydrogen (secondary N) is 1. The summed E-state index contributed by atoms with van der Waals surface area (Å²) in [5.41, 5.74) is 2.14. The van der Waals surface area contributed by atoms with Crippen LogP contribution in [-0.4, -0.2) is 13.1 Å². The zero-order chi connectivity index (χ0) is 10.0. The Labute approximate surface area is 90.5 Å². The van der Waals surface area contributed by atoms with Crippen LogP contribution < -0.4 is 5.32 Å². The second kappa shape index (κ2) is 4.03. The van der Waals surface area contributed by atoms with Crippen molar-refractivity contribution in [2.24, 2.45) is 5.41 Å². The second-order valence-electron chi connectivity index (χ2n) is 4.50. The molecule has 1 aromatic heterocycles. The molecule has 0 radical (unpaired) electrons. The van der Waals surface area contributed by atoms with Gasteiger partial charge < -0.3 is 5.32 Å². The van der Waals surface area contributed by atoms with E-state index in [-0.39, 0.29) is 0 Å². The van der Waals surface area contributed by atoms with Crippen molar-refractivity contribution >= 4 is 11.3 Å². The minimum atomic E-state index is 0.622. The molecule has 1 heterocycles. The smallest absolute Gasteiger partial charge is 0.00923 e. The van der Waals surface area contributed by atoms with Crippen LogP contribution in [0.15, 0.2) is 16.8 Å².